The van der Waals surface area contributed by atoms with Crippen molar-refractivity contribution in [2.75, 3.05) is 25.4 Å². The predicted molar refractivity (Wildman–Crippen MR) is 89.2 cm³/mol. The lowest BCUT2D eigenvalue weighted by Crippen LogP contribution is -2.18. The molecular formula is C15H26ClNOS. The molecule has 0 aliphatic heterocycles. The number of rotatable bonds is 9. The smallest absolute Gasteiger partial charge is 0.122 e. The summed E-state index contributed by atoms with van der Waals surface area (Å²) in [5.41, 5.74) is 1.30. The second kappa shape index (κ2) is 11.4. The molecule has 1 rings (SSSR count). The molecule has 0 unspecified atom stereocenters. The molecule has 0 spiro atoms. The number of unbranched alkanes of at least 4 members (excludes halogenated alkanes) is 1. The summed E-state index contributed by atoms with van der Waals surface area (Å²) < 4.78 is 5.86. The van der Waals surface area contributed by atoms with Crippen LogP contribution in [0.15, 0.2) is 24.3 Å². The summed E-state index contributed by atoms with van der Waals surface area (Å²) in [6.45, 7) is 7.23. The fourth-order valence-electron chi connectivity index (χ4n) is 1.83. The average Bonchev–Trinajstić information content (AvgIpc) is 2.38. The normalized spacial score (nSPS) is 10.3. The Labute approximate surface area is 129 Å². The maximum atomic E-state index is 5.86. The molecule has 110 valence electrons. The zero-order valence-electron chi connectivity index (χ0n) is 11.9. The SMILES string of the molecule is CC(C)c1ccccc1OCCCCNCCS.Cl. The minimum atomic E-state index is 0. The van der Waals surface area contributed by atoms with Gasteiger partial charge >= 0.3 is 0 Å². The monoisotopic (exact) mass is 303 g/mol. The Morgan fingerprint density at radius 3 is 2.58 bits per heavy atom. The Morgan fingerprint density at radius 1 is 1.16 bits per heavy atom. The first-order chi connectivity index (χ1) is 8.75. The van der Waals surface area contributed by atoms with Gasteiger partial charge in [0.2, 0.25) is 0 Å². The van der Waals surface area contributed by atoms with E-state index >= 15 is 0 Å². The molecular weight excluding hydrogens is 278 g/mol. The molecule has 0 saturated heterocycles. The van der Waals surface area contributed by atoms with E-state index in [-0.39, 0.29) is 12.4 Å². The van der Waals surface area contributed by atoms with E-state index in [1.807, 2.05) is 6.07 Å². The summed E-state index contributed by atoms with van der Waals surface area (Å²) in [5, 5.41) is 3.33. The maximum Gasteiger partial charge on any atom is 0.122 e. The lowest BCUT2D eigenvalue weighted by Gasteiger charge is -2.13. The summed E-state index contributed by atoms with van der Waals surface area (Å²) in [4.78, 5) is 0. The molecule has 0 bridgehead atoms. The standard InChI is InChI=1S/C15H25NOS.ClH/c1-13(2)14-7-3-4-8-15(14)17-11-6-5-9-16-10-12-18;/h3-4,7-8,13,16,18H,5-6,9-12H2,1-2H3;1H. The quantitative estimate of drug-likeness (QED) is 0.533. The van der Waals surface area contributed by atoms with Crippen LogP contribution in [0.5, 0.6) is 5.75 Å². The van der Waals surface area contributed by atoms with Crippen LogP contribution >= 0.6 is 25.0 Å². The van der Waals surface area contributed by atoms with Crippen molar-refractivity contribution >= 4 is 25.0 Å². The third-order valence-corrected chi connectivity index (χ3v) is 3.06. The highest BCUT2D eigenvalue weighted by molar-refractivity contribution is 7.80. The molecule has 4 heteroatoms. The average molecular weight is 304 g/mol. The molecule has 0 atom stereocenters. The highest BCUT2D eigenvalue weighted by Crippen LogP contribution is 2.25. The Morgan fingerprint density at radius 2 is 1.89 bits per heavy atom. The lowest BCUT2D eigenvalue weighted by atomic mass is 10.0. The molecule has 19 heavy (non-hydrogen) atoms. The Balaban J connectivity index is 0.00000324. The van der Waals surface area contributed by atoms with Gasteiger partial charge in [-0.05, 0) is 36.9 Å². The topological polar surface area (TPSA) is 21.3 Å². The van der Waals surface area contributed by atoms with Crippen molar-refractivity contribution in [2.24, 2.45) is 0 Å². The summed E-state index contributed by atoms with van der Waals surface area (Å²) in [6, 6.07) is 8.32. The van der Waals surface area contributed by atoms with Crippen molar-refractivity contribution in [1.29, 1.82) is 0 Å². The van der Waals surface area contributed by atoms with E-state index in [2.05, 4.69) is 50.0 Å². The van der Waals surface area contributed by atoms with Gasteiger partial charge in [0.15, 0.2) is 0 Å². The lowest BCUT2D eigenvalue weighted by molar-refractivity contribution is 0.302. The fourth-order valence-corrected chi connectivity index (χ4v) is 1.99. The molecule has 0 heterocycles. The number of thiol groups is 1. The maximum absolute atomic E-state index is 5.86. The van der Waals surface area contributed by atoms with Gasteiger partial charge in [-0.25, -0.2) is 0 Å². The molecule has 2 nitrogen and oxygen atoms in total. The van der Waals surface area contributed by atoms with E-state index in [9.17, 15) is 0 Å². The second-order valence-corrected chi connectivity index (χ2v) is 5.17. The molecule has 1 aromatic carbocycles. The van der Waals surface area contributed by atoms with Crippen molar-refractivity contribution < 1.29 is 4.74 Å². The van der Waals surface area contributed by atoms with Gasteiger partial charge in [0.05, 0.1) is 6.61 Å². The first-order valence-electron chi connectivity index (χ1n) is 6.79. The Bertz CT molecular complexity index is 334. The van der Waals surface area contributed by atoms with Crippen LogP contribution < -0.4 is 10.1 Å². The van der Waals surface area contributed by atoms with Crippen molar-refractivity contribution in [3.63, 3.8) is 0 Å². The van der Waals surface area contributed by atoms with E-state index in [0.29, 0.717) is 5.92 Å². The number of nitrogens with one attached hydrogen (secondary N) is 1. The van der Waals surface area contributed by atoms with Gasteiger partial charge in [-0.3, -0.25) is 0 Å². The van der Waals surface area contributed by atoms with Crippen LogP contribution in [-0.2, 0) is 0 Å². The van der Waals surface area contributed by atoms with Crippen molar-refractivity contribution in [3.05, 3.63) is 29.8 Å². The molecule has 1 aromatic rings. The van der Waals surface area contributed by atoms with Crippen LogP contribution in [0.4, 0.5) is 0 Å². The highest BCUT2D eigenvalue weighted by atomic mass is 35.5. The van der Waals surface area contributed by atoms with E-state index in [4.69, 9.17) is 4.74 Å². The number of para-hydroxylation sites is 1. The van der Waals surface area contributed by atoms with Gasteiger partial charge in [0, 0.05) is 12.3 Å². The molecule has 0 aliphatic carbocycles. The third kappa shape index (κ3) is 7.71. The molecule has 0 radical (unpaired) electrons. The van der Waals surface area contributed by atoms with Gasteiger partial charge in [-0.1, -0.05) is 32.0 Å². The summed E-state index contributed by atoms with van der Waals surface area (Å²) in [5.74, 6) is 2.45. The van der Waals surface area contributed by atoms with Crippen molar-refractivity contribution in [3.8, 4) is 5.75 Å². The summed E-state index contributed by atoms with van der Waals surface area (Å²) in [7, 11) is 0. The predicted octanol–water partition coefficient (Wildman–Crippen LogP) is 3.91. The number of hydrogen-bond donors (Lipinski definition) is 2. The van der Waals surface area contributed by atoms with E-state index in [1.165, 1.54) is 5.56 Å². The zero-order valence-corrected chi connectivity index (χ0v) is 13.6. The fraction of sp³-hybridized carbons (Fsp3) is 0.600. The van der Waals surface area contributed by atoms with Crippen LogP contribution in [0, 0.1) is 0 Å². The van der Waals surface area contributed by atoms with Gasteiger partial charge in [0.25, 0.3) is 0 Å². The van der Waals surface area contributed by atoms with Crippen LogP contribution in [0.25, 0.3) is 0 Å². The zero-order chi connectivity index (χ0) is 13.2. The minimum Gasteiger partial charge on any atom is -0.493 e. The molecule has 0 fully saturated rings. The first kappa shape index (κ1) is 18.6. The minimum absolute atomic E-state index is 0. The van der Waals surface area contributed by atoms with Gasteiger partial charge < -0.3 is 10.1 Å². The van der Waals surface area contributed by atoms with Crippen molar-refractivity contribution in [2.45, 2.75) is 32.6 Å². The van der Waals surface area contributed by atoms with Crippen LogP contribution in [0.2, 0.25) is 0 Å². The number of hydrogen-bond acceptors (Lipinski definition) is 3. The van der Waals surface area contributed by atoms with Crippen LogP contribution in [0.1, 0.15) is 38.2 Å². The highest BCUT2D eigenvalue weighted by Gasteiger charge is 2.06. The Kier molecular flexibility index (Phi) is 11.2. The molecule has 0 saturated carbocycles. The molecule has 0 aromatic heterocycles. The van der Waals surface area contributed by atoms with E-state index < -0.39 is 0 Å². The summed E-state index contributed by atoms with van der Waals surface area (Å²) in [6.07, 6.45) is 2.24. The number of benzene rings is 1. The molecule has 0 aliphatic rings. The van der Waals surface area contributed by atoms with Gasteiger partial charge in [0.1, 0.15) is 5.75 Å². The molecule has 1 N–H and O–H groups in total. The third-order valence-electron chi connectivity index (χ3n) is 2.84. The van der Waals surface area contributed by atoms with Gasteiger partial charge in [-0.2, -0.15) is 12.6 Å². The molecule has 0 amide bonds. The van der Waals surface area contributed by atoms with Crippen molar-refractivity contribution in [1.82, 2.24) is 5.32 Å². The van der Waals surface area contributed by atoms with E-state index in [1.54, 1.807) is 0 Å². The number of halogens is 1. The van der Waals surface area contributed by atoms with Crippen LogP contribution in [0.3, 0.4) is 0 Å². The first-order valence-corrected chi connectivity index (χ1v) is 7.42. The van der Waals surface area contributed by atoms with Crippen LogP contribution in [-0.4, -0.2) is 25.4 Å². The number of ether oxygens (including phenoxy) is 1. The Hall–Kier alpha value is -0.380. The van der Waals surface area contributed by atoms with E-state index in [0.717, 1.165) is 44.0 Å². The second-order valence-electron chi connectivity index (χ2n) is 4.72. The largest absolute Gasteiger partial charge is 0.493 e. The summed E-state index contributed by atoms with van der Waals surface area (Å²) >= 11 is 4.15. The van der Waals surface area contributed by atoms with Gasteiger partial charge in [-0.15, -0.1) is 12.4 Å².